The Hall–Kier alpha value is -1.12. The maximum absolute atomic E-state index is 12.5. The molecule has 0 fully saturated rings. The molecule has 2 nitrogen and oxygen atoms in total. The number of nitrogens with one attached hydrogen (secondary N) is 1. The summed E-state index contributed by atoms with van der Waals surface area (Å²) in [5, 5.41) is 3.27. The lowest BCUT2D eigenvalue weighted by Gasteiger charge is -2.13. The largest absolute Gasteiger partial charge is 0.381 e. The molecule has 78 valence electrons. The fourth-order valence-electron chi connectivity index (χ4n) is 1.33. The summed E-state index contributed by atoms with van der Waals surface area (Å²) in [4.78, 5) is 3.58. The summed E-state index contributed by atoms with van der Waals surface area (Å²) >= 11 is 0. The van der Waals surface area contributed by atoms with Crippen molar-refractivity contribution in [1.82, 2.24) is 4.98 Å². The maximum Gasteiger partial charge on any atom is 0.212 e. The molecule has 0 aliphatic carbocycles. The molecule has 1 rings (SSSR count). The van der Waals surface area contributed by atoms with Crippen LogP contribution in [0.5, 0.6) is 0 Å². The molecule has 0 aromatic carbocycles. The summed E-state index contributed by atoms with van der Waals surface area (Å²) in [6, 6.07) is 3.50. The summed E-state index contributed by atoms with van der Waals surface area (Å²) < 4.78 is 12.5. The Labute approximate surface area is 84.6 Å². The Morgan fingerprint density at radius 1 is 1.50 bits per heavy atom. The molecule has 0 aliphatic heterocycles. The molecular formula is C11H17FN2. The molecule has 0 aliphatic rings. The number of anilines is 1. The highest BCUT2D eigenvalue weighted by Gasteiger charge is 2.01. The van der Waals surface area contributed by atoms with Crippen LogP contribution < -0.4 is 5.32 Å². The Bertz CT molecular complexity index is 258. The van der Waals surface area contributed by atoms with Crippen molar-refractivity contribution in [2.75, 3.05) is 5.32 Å². The second-order valence-corrected chi connectivity index (χ2v) is 3.56. The zero-order valence-electron chi connectivity index (χ0n) is 8.76. The van der Waals surface area contributed by atoms with Crippen LogP contribution in [0, 0.1) is 5.95 Å². The van der Waals surface area contributed by atoms with Crippen LogP contribution in [0.3, 0.4) is 0 Å². The van der Waals surface area contributed by atoms with Gasteiger partial charge in [-0.25, -0.2) is 4.98 Å². The number of unbranched alkanes of at least 4 members (excludes halogenated alkanes) is 1. The Morgan fingerprint density at radius 3 is 2.86 bits per heavy atom. The highest BCUT2D eigenvalue weighted by molar-refractivity contribution is 5.40. The second kappa shape index (κ2) is 5.58. The van der Waals surface area contributed by atoms with Crippen LogP contribution >= 0.6 is 0 Å². The summed E-state index contributed by atoms with van der Waals surface area (Å²) in [5.74, 6) is -0.434. The molecule has 3 heteroatoms. The van der Waals surface area contributed by atoms with E-state index >= 15 is 0 Å². The number of nitrogens with zero attached hydrogens (tertiary/aromatic N) is 1. The van der Waals surface area contributed by atoms with Gasteiger partial charge in [-0.15, -0.1) is 0 Å². The smallest absolute Gasteiger partial charge is 0.212 e. The van der Waals surface area contributed by atoms with Gasteiger partial charge in [0.1, 0.15) is 0 Å². The fourth-order valence-corrected chi connectivity index (χ4v) is 1.33. The lowest BCUT2D eigenvalue weighted by atomic mass is 10.1. The number of aromatic nitrogens is 1. The zero-order valence-corrected chi connectivity index (χ0v) is 8.76. The van der Waals surface area contributed by atoms with E-state index in [1.165, 1.54) is 25.1 Å². The zero-order chi connectivity index (χ0) is 10.4. The van der Waals surface area contributed by atoms with Crippen LogP contribution in [0.4, 0.5) is 10.1 Å². The van der Waals surface area contributed by atoms with Gasteiger partial charge in [0, 0.05) is 6.04 Å². The van der Waals surface area contributed by atoms with Gasteiger partial charge in [0.2, 0.25) is 5.95 Å². The number of hydrogen-bond acceptors (Lipinski definition) is 2. The monoisotopic (exact) mass is 196 g/mol. The molecule has 0 spiro atoms. The third-order valence-electron chi connectivity index (χ3n) is 2.13. The summed E-state index contributed by atoms with van der Waals surface area (Å²) in [6.07, 6.45) is 5.07. The average Bonchev–Trinajstić information content (AvgIpc) is 2.18. The van der Waals surface area contributed by atoms with E-state index in [-0.39, 0.29) is 0 Å². The number of halogens is 1. The summed E-state index contributed by atoms with van der Waals surface area (Å²) in [5.41, 5.74) is 0.884. The first-order chi connectivity index (χ1) is 6.72. The van der Waals surface area contributed by atoms with Crippen molar-refractivity contribution >= 4 is 5.69 Å². The molecule has 1 N–H and O–H groups in total. The molecule has 14 heavy (non-hydrogen) atoms. The van der Waals surface area contributed by atoms with Gasteiger partial charge in [-0.3, -0.25) is 0 Å². The van der Waals surface area contributed by atoms with Gasteiger partial charge in [-0.1, -0.05) is 19.8 Å². The highest BCUT2D eigenvalue weighted by atomic mass is 19.1. The number of pyridine rings is 1. The minimum absolute atomic E-state index is 0.419. The Morgan fingerprint density at radius 2 is 2.29 bits per heavy atom. The first-order valence-corrected chi connectivity index (χ1v) is 5.10. The minimum atomic E-state index is -0.434. The van der Waals surface area contributed by atoms with Gasteiger partial charge in [-0.2, -0.15) is 4.39 Å². The predicted octanol–water partition coefficient (Wildman–Crippen LogP) is 3.21. The van der Waals surface area contributed by atoms with Crippen molar-refractivity contribution in [3.05, 3.63) is 24.3 Å². The molecule has 1 unspecified atom stereocenters. The molecule has 0 amide bonds. The summed E-state index contributed by atoms with van der Waals surface area (Å²) in [7, 11) is 0. The predicted molar refractivity (Wildman–Crippen MR) is 56.8 cm³/mol. The third-order valence-corrected chi connectivity index (χ3v) is 2.13. The maximum atomic E-state index is 12.5. The van der Waals surface area contributed by atoms with Gasteiger partial charge in [0.05, 0.1) is 11.9 Å². The van der Waals surface area contributed by atoms with Gasteiger partial charge < -0.3 is 5.32 Å². The molecule has 1 atom stereocenters. The van der Waals surface area contributed by atoms with Crippen molar-refractivity contribution in [2.24, 2.45) is 0 Å². The molecule has 1 heterocycles. The van der Waals surface area contributed by atoms with Crippen molar-refractivity contribution in [2.45, 2.75) is 39.2 Å². The molecule has 1 aromatic heterocycles. The van der Waals surface area contributed by atoms with Gasteiger partial charge in [0.15, 0.2) is 0 Å². The van der Waals surface area contributed by atoms with Crippen LogP contribution in [0.25, 0.3) is 0 Å². The highest BCUT2D eigenvalue weighted by Crippen LogP contribution is 2.10. The molecule has 0 saturated heterocycles. The van der Waals surface area contributed by atoms with Crippen molar-refractivity contribution in [1.29, 1.82) is 0 Å². The van der Waals surface area contributed by atoms with E-state index in [0.29, 0.717) is 6.04 Å². The molecule has 0 saturated carbocycles. The first-order valence-electron chi connectivity index (χ1n) is 5.10. The SMILES string of the molecule is CCCCC(C)Nc1ccc(F)nc1. The van der Waals surface area contributed by atoms with E-state index in [1.807, 2.05) is 0 Å². The van der Waals surface area contributed by atoms with Gasteiger partial charge >= 0.3 is 0 Å². The Kier molecular flexibility index (Phi) is 4.36. The van der Waals surface area contributed by atoms with Crippen molar-refractivity contribution < 1.29 is 4.39 Å². The quantitative estimate of drug-likeness (QED) is 0.731. The van der Waals surface area contributed by atoms with Gasteiger partial charge in [-0.05, 0) is 25.5 Å². The van der Waals surface area contributed by atoms with Crippen LogP contribution in [0.15, 0.2) is 18.3 Å². The van der Waals surface area contributed by atoms with E-state index in [0.717, 1.165) is 12.1 Å². The summed E-state index contributed by atoms with van der Waals surface area (Å²) in [6.45, 7) is 4.30. The van der Waals surface area contributed by atoms with Crippen LogP contribution in [-0.4, -0.2) is 11.0 Å². The molecule has 1 aromatic rings. The van der Waals surface area contributed by atoms with E-state index in [9.17, 15) is 4.39 Å². The fraction of sp³-hybridized carbons (Fsp3) is 0.545. The van der Waals surface area contributed by atoms with Gasteiger partial charge in [0.25, 0.3) is 0 Å². The van der Waals surface area contributed by atoms with E-state index in [2.05, 4.69) is 24.1 Å². The minimum Gasteiger partial charge on any atom is -0.381 e. The normalized spacial score (nSPS) is 12.5. The first kappa shape index (κ1) is 11.0. The standard InChI is InChI=1S/C11H17FN2/c1-3-4-5-9(2)14-10-6-7-11(12)13-8-10/h6-9,14H,3-5H2,1-2H3. The van der Waals surface area contributed by atoms with Crippen molar-refractivity contribution in [3.63, 3.8) is 0 Å². The lowest BCUT2D eigenvalue weighted by molar-refractivity contribution is 0.583. The average molecular weight is 196 g/mol. The third kappa shape index (κ3) is 3.73. The van der Waals surface area contributed by atoms with Crippen molar-refractivity contribution in [3.8, 4) is 0 Å². The number of rotatable bonds is 5. The molecule has 0 bridgehead atoms. The molecular weight excluding hydrogens is 179 g/mol. The van der Waals surface area contributed by atoms with E-state index < -0.39 is 5.95 Å². The number of hydrogen-bond donors (Lipinski definition) is 1. The topological polar surface area (TPSA) is 24.9 Å². The van der Waals surface area contributed by atoms with E-state index in [1.54, 1.807) is 6.07 Å². The van der Waals surface area contributed by atoms with Crippen LogP contribution in [0.2, 0.25) is 0 Å². The van der Waals surface area contributed by atoms with E-state index in [4.69, 9.17) is 0 Å². The Balaban J connectivity index is 2.39. The second-order valence-electron chi connectivity index (χ2n) is 3.56. The molecule has 0 radical (unpaired) electrons. The lowest BCUT2D eigenvalue weighted by Crippen LogP contribution is -2.14. The van der Waals surface area contributed by atoms with Crippen LogP contribution in [0.1, 0.15) is 33.1 Å². The van der Waals surface area contributed by atoms with Crippen LogP contribution in [-0.2, 0) is 0 Å².